The molecular weight excluding hydrogens is 282 g/mol. The average Bonchev–Trinajstić information content (AvgIpc) is 2.99. The maximum atomic E-state index is 12.8. The van der Waals surface area contributed by atoms with E-state index in [-0.39, 0.29) is 11.9 Å². The van der Waals surface area contributed by atoms with Gasteiger partial charge in [0, 0.05) is 6.54 Å². The third-order valence-corrected chi connectivity index (χ3v) is 5.07. The van der Waals surface area contributed by atoms with E-state index in [2.05, 4.69) is 31.2 Å². The predicted molar refractivity (Wildman–Crippen MR) is 83.5 cm³/mol. The molecule has 2 aromatic rings. The largest absolute Gasteiger partial charge is 0.327 e. The van der Waals surface area contributed by atoms with Crippen LogP contribution in [0.4, 0.5) is 0 Å². The second-order valence-corrected chi connectivity index (χ2v) is 6.40. The SMILES string of the molecule is C[C@@H]1CC(N2Cc3cccc(Cl)c3C2=O)c2ccccc21. The summed E-state index contributed by atoms with van der Waals surface area (Å²) in [4.78, 5) is 14.7. The number of rotatable bonds is 1. The summed E-state index contributed by atoms with van der Waals surface area (Å²) in [6.45, 7) is 2.90. The molecule has 2 atom stereocenters. The van der Waals surface area contributed by atoms with Crippen molar-refractivity contribution in [3.8, 4) is 0 Å². The van der Waals surface area contributed by atoms with Crippen LogP contribution in [0.15, 0.2) is 42.5 Å². The molecule has 1 aliphatic heterocycles. The van der Waals surface area contributed by atoms with Crippen molar-refractivity contribution in [2.45, 2.75) is 31.8 Å². The predicted octanol–water partition coefficient (Wildman–Crippen LogP) is 4.54. The third kappa shape index (κ3) is 1.82. The van der Waals surface area contributed by atoms with Gasteiger partial charge in [-0.05, 0) is 35.1 Å². The lowest BCUT2D eigenvalue weighted by molar-refractivity contribution is 0.0698. The van der Waals surface area contributed by atoms with Gasteiger partial charge in [0.15, 0.2) is 0 Å². The lowest BCUT2D eigenvalue weighted by Crippen LogP contribution is -2.28. The van der Waals surface area contributed by atoms with Crippen molar-refractivity contribution < 1.29 is 4.79 Å². The van der Waals surface area contributed by atoms with Crippen LogP contribution in [0.3, 0.4) is 0 Å². The van der Waals surface area contributed by atoms with E-state index < -0.39 is 0 Å². The molecule has 0 saturated heterocycles. The van der Waals surface area contributed by atoms with E-state index in [0.29, 0.717) is 23.0 Å². The summed E-state index contributed by atoms with van der Waals surface area (Å²) in [6.07, 6.45) is 0.997. The zero-order valence-corrected chi connectivity index (χ0v) is 12.6. The highest BCUT2D eigenvalue weighted by Gasteiger charge is 2.39. The van der Waals surface area contributed by atoms with Crippen molar-refractivity contribution in [3.05, 3.63) is 69.7 Å². The molecule has 1 unspecified atom stereocenters. The van der Waals surface area contributed by atoms with Gasteiger partial charge in [-0.1, -0.05) is 54.9 Å². The fraction of sp³-hybridized carbons (Fsp3) is 0.278. The fourth-order valence-corrected chi connectivity index (χ4v) is 4.01. The minimum absolute atomic E-state index is 0.0736. The van der Waals surface area contributed by atoms with Gasteiger partial charge in [0.05, 0.1) is 16.6 Å². The molecule has 1 heterocycles. The number of amides is 1. The van der Waals surface area contributed by atoms with Crippen LogP contribution in [0.2, 0.25) is 5.02 Å². The Morgan fingerprint density at radius 2 is 1.86 bits per heavy atom. The van der Waals surface area contributed by atoms with Gasteiger partial charge in [-0.3, -0.25) is 4.79 Å². The molecule has 2 nitrogen and oxygen atoms in total. The summed E-state index contributed by atoms with van der Waals surface area (Å²) in [7, 11) is 0. The van der Waals surface area contributed by atoms with Crippen LogP contribution >= 0.6 is 11.6 Å². The van der Waals surface area contributed by atoms with Gasteiger partial charge < -0.3 is 4.90 Å². The Morgan fingerprint density at radius 1 is 1.10 bits per heavy atom. The Morgan fingerprint density at radius 3 is 2.62 bits per heavy atom. The molecule has 1 amide bonds. The molecule has 0 radical (unpaired) electrons. The Balaban J connectivity index is 1.75. The number of nitrogens with zero attached hydrogens (tertiary/aromatic N) is 1. The molecule has 3 heteroatoms. The molecule has 106 valence electrons. The van der Waals surface area contributed by atoms with E-state index in [1.165, 1.54) is 11.1 Å². The molecule has 0 N–H and O–H groups in total. The van der Waals surface area contributed by atoms with E-state index in [1.54, 1.807) is 6.07 Å². The lowest BCUT2D eigenvalue weighted by atomic mass is 10.0. The van der Waals surface area contributed by atoms with Crippen LogP contribution in [-0.4, -0.2) is 10.8 Å². The van der Waals surface area contributed by atoms with Gasteiger partial charge in [-0.15, -0.1) is 0 Å². The minimum Gasteiger partial charge on any atom is -0.327 e. The average molecular weight is 298 g/mol. The standard InChI is InChI=1S/C18H16ClNO/c1-11-9-16(14-7-3-2-6-13(11)14)20-10-12-5-4-8-15(19)17(12)18(20)21/h2-8,11,16H,9-10H2,1H3/t11-,16?/m1/s1. The number of halogens is 1. The Bertz CT molecular complexity index is 740. The van der Waals surface area contributed by atoms with Crippen LogP contribution in [0.25, 0.3) is 0 Å². The number of carbonyl (C=O) groups excluding carboxylic acids is 1. The van der Waals surface area contributed by atoms with Gasteiger partial charge in [-0.2, -0.15) is 0 Å². The van der Waals surface area contributed by atoms with Crippen LogP contribution in [0.5, 0.6) is 0 Å². The summed E-state index contributed by atoms with van der Waals surface area (Å²) in [5, 5.41) is 0.569. The third-order valence-electron chi connectivity index (χ3n) is 4.75. The van der Waals surface area contributed by atoms with Crippen molar-refractivity contribution in [2.24, 2.45) is 0 Å². The number of benzene rings is 2. The van der Waals surface area contributed by atoms with Crippen LogP contribution in [0, 0.1) is 0 Å². The molecule has 2 aliphatic rings. The van der Waals surface area contributed by atoms with E-state index in [9.17, 15) is 4.79 Å². The van der Waals surface area contributed by atoms with Crippen LogP contribution in [-0.2, 0) is 6.54 Å². The van der Waals surface area contributed by atoms with Crippen molar-refractivity contribution in [1.29, 1.82) is 0 Å². The van der Waals surface area contributed by atoms with Gasteiger partial charge in [0.1, 0.15) is 0 Å². The summed E-state index contributed by atoms with van der Waals surface area (Å²) < 4.78 is 0. The topological polar surface area (TPSA) is 20.3 Å². The molecular formula is C18H16ClNO. The smallest absolute Gasteiger partial charge is 0.256 e. The van der Waals surface area contributed by atoms with Crippen molar-refractivity contribution in [3.63, 3.8) is 0 Å². The first kappa shape index (κ1) is 12.9. The molecule has 21 heavy (non-hydrogen) atoms. The molecule has 0 fully saturated rings. The van der Waals surface area contributed by atoms with Gasteiger partial charge in [0.25, 0.3) is 5.91 Å². The van der Waals surface area contributed by atoms with E-state index in [1.807, 2.05) is 17.0 Å². The van der Waals surface area contributed by atoms with Gasteiger partial charge in [-0.25, -0.2) is 0 Å². The molecule has 4 rings (SSSR count). The minimum atomic E-state index is 0.0736. The normalized spacial score (nSPS) is 23.3. The highest BCUT2D eigenvalue weighted by atomic mass is 35.5. The first-order chi connectivity index (χ1) is 10.2. The van der Waals surface area contributed by atoms with Crippen LogP contribution in [0.1, 0.15) is 52.4 Å². The summed E-state index contributed by atoms with van der Waals surface area (Å²) in [5.41, 5.74) is 4.40. The number of carbonyl (C=O) groups is 1. The van der Waals surface area contributed by atoms with E-state index >= 15 is 0 Å². The highest BCUT2D eigenvalue weighted by Crippen LogP contribution is 2.46. The number of fused-ring (bicyclic) bond motifs is 2. The van der Waals surface area contributed by atoms with Crippen molar-refractivity contribution >= 4 is 17.5 Å². The zero-order chi connectivity index (χ0) is 14.6. The maximum absolute atomic E-state index is 12.8. The first-order valence-corrected chi connectivity index (χ1v) is 7.72. The van der Waals surface area contributed by atoms with Crippen LogP contribution < -0.4 is 0 Å². The zero-order valence-electron chi connectivity index (χ0n) is 11.8. The highest BCUT2D eigenvalue weighted by molar-refractivity contribution is 6.34. The summed E-state index contributed by atoms with van der Waals surface area (Å²) >= 11 is 6.22. The molecule has 2 aromatic carbocycles. The van der Waals surface area contributed by atoms with Crippen molar-refractivity contribution in [1.82, 2.24) is 4.90 Å². The molecule has 0 saturated carbocycles. The fourth-order valence-electron chi connectivity index (χ4n) is 3.74. The van der Waals surface area contributed by atoms with E-state index in [4.69, 9.17) is 11.6 Å². The first-order valence-electron chi connectivity index (χ1n) is 7.34. The molecule has 0 bridgehead atoms. The molecule has 0 spiro atoms. The van der Waals surface area contributed by atoms with Crippen molar-refractivity contribution in [2.75, 3.05) is 0 Å². The second-order valence-electron chi connectivity index (χ2n) is 5.99. The summed E-state index contributed by atoms with van der Waals surface area (Å²) in [6, 6.07) is 14.4. The Labute approximate surface area is 129 Å². The van der Waals surface area contributed by atoms with Gasteiger partial charge in [0.2, 0.25) is 0 Å². The summed E-state index contributed by atoms with van der Waals surface area (Å²) in [5.74, 6) is 0.572. The monoisotopic (exact) mass is 297 g/mol. The lowest BCUT2D eigenvalue weighted by Gasteiger charge is -2.25. The Kier molecular flexibility index (Phi) is 2.83. The quantitative estimate of drug-likeness (QED) is 0.756. The molecule has 0 aromatic heterocycles. The van der Waals surface area contributed by atoms with Gasteiger partial charge >= 0.3 is 0 Å². The maximum Gasteiger partial charge on any atom is 0.256 e. The number of hydrogen-bond donors (Lipinski definition) is 0. The second kappa shape index (κ2) is 4.60. The number of hydrogen-bond acceptors (Lipinski definition) is 1. The van der Waals surface area contributed by atoms with E-state index in [0.717, 1.165) is 12.0 Å². The Hall–Kier alpha value is -1.80. The molecule has 1 aliphatic carbocycles.